The van der Waals surface area contributed by atoms with E-state index >= 15 is 0 Å². The summed E-state index contributed by atoms with van der Waals surface area (Å²) >= 11 is 3.31. The summed E-state index contributed by atoms with van der Waals surface area (Å²) in [5.74, 6) is -1.57. The van der Waals surface area contributed by atoms with Gasteiger partial charge in [-0.25, -0.2) is 14.6 Å². The van der Waals surface area contributed by atoms with Gasteiger partial charge in [0.15, 0.2) is 11.5 Å². The van der Waals surface area contributed by atoms with E-state index in [0.717, 1.165) is 16.6 Å². The highest BCUT2D eigenvalue weighted by molar-refractivity contribution is 9.10. The molecule has 0 unspecified atom stereocenters. The zero-order valence-corrected chi connectivity index (χ0v) is 19.5. The SMILES string of the molecule is COc1cc(C=NNC(=O)CNC(=O)c2ccc(F)cc2)ccc1OC(=O)c1cccc(Br)c1. The molecule has 0 saturated heterocycles. The van der Waals surface area contributed by atoms with Crippen molar-refractivity contribution in [1.29, 1.82) is 0 Å². The Morgan fingerprint density at radius 2 is 1.76 bits per heavy atom. The molecule has 8 nitrogen and oxygen atoms in total. The zero-order valence-electron chi connectivity index (χ0n) is 17.9. The lowest BCUT2D eigenvalue weighted by Gasteiger charge is -2.10. The molecule has 0 atom stereocenters. The molecule has 0 aliphatic rings. The minimum Gasteiger partial charge on any atom is -0.493 e. The van der Waals surface area contributed by atoms with Crippen LogP contribution in [-0.2, 0) is 4.79 Å². The Hall–Kier alpha value is -4.05. The molecule has 10 heteroatoms. The molecule has 0 aromatic heterocycles. The van der Waals surface area contributed by atoms with Gasteiger partial charge in [0.25, 0.3) is 11.8 Å². The molecule has 3 aromatic carbocycles. The van der Waals surface area contributed by atoms with Gasteiger partial charge in [0.1, 0.15) is 5.82 Å². The van der Waals surface area contributed by atoms with E-state index in [1.807, 2.05) is 0 Å². The van der Waals surface area contributed by atoms with Crippen LogP contribution in [0.3, 0.4) is 0 Å². The number of nitrogens with one attached hydrogen (secondary N) is 2. The van der Waals surface area contributed by atoms with E-state index in [-0.39, 0.29) is 17.9 Å². The topological polar surface area (TPSA) is 106 Å². The molecule has 3 aromatic rings. The highest BCUT2D eigenvalue weighted by Gasteiger charge is 2.13. The highest BCUT2D eigenvalue weighted by atomic mass is 79.9. The number of esters is 1. The van der Waals surface area contributed by atoms with Crippen LogP contribution < -0.4 is 20.2 Å². The Kier molecular flexibility index (Phi) is 8.47. The molecule has 0 spiro atoms. The van der Waals surface area contributed by atoms with E-state index in [9.17, 15) is 18.8 Å². The second kappa shape index (κ2) is 11.7. The van der Waals surface area contributed by atoms with Crippen LogP contribution >= 0.6 is 15.9 Å². The Morgan fingerprint density at radius 1 is 1.00 bits per heavy atom. The number of carbonyl (C=O) groups excluding carboxylic acids is 3. The average molecular weight is 528 g/mol. The van der Waals surface area contributed by atoms with Crippen LogP contribution in [0.15, 0.2) is 76.3 Å². The molecule has 0 aliphatic heterocycles. The van der Waals surface area contributed by atoms with E-state index < -0.39 is 23.6 Å². The Labute approximate surface area is 202 Å². The number of hydrogen-bond donors (Lipinski definition) is 2. The lowest BCUT2D eigenvalue weighted by Crippen LogP contribution is -2.34. The fourth-order valence-electron chi connectivity index (χ4n) is 2.71. The van der Waals surface area contributed by atoms with Crippen molar-refractivity contribution in [2.75, 3.05) is 13.7 Å². The average Bonchev–Trinajstić information content (AvgIpc) is 2.83. The lowest BCUT2D eigenvalue weighted by atomic mass is 10.2. The first-order valence-corrected chi connectivity index (χ1v) is 10.7. The van der Waals surface area contributed by atoms with Crippen molar-refractivity contribution in [3.63, 3.8) is 0 Å². The van der Waals surface area contributed by atoms with Crippen LogP contribution in [0.1, 0.15) is 26.3 Å². The van der Waals surface area contributed by atoms with Crippen LogP contribution in [-0.4, -0.2) is 37.7 Å². The fourth-order valence-corrected chi connectivity index (χ4v) is 3.10. The molecule has 2 N–H and O–H groups in total. The highest BCUT2D eigenvalue weighted by Crippen LogP contribution is 2.28. The number of hydrazone groups is 1. The molecule has 174 valence electrons. The molecule has 0 saturated carbocycles. The summed E-state index contributed by atoms with van der Waals surface area (Å²) in [5, 5.41) is 6.24. The van der Waals surface area contributed by atoms with Crippen molar-refractivity contribution in [2.24, 2.45) is 5.10 Å². The van der Waals surface area contributed by atoms with Gasteiger partial charge >= 0.3 is 5.97 Å². The smallest absolute Gasteiger partial charge is 0.343 e. The number of ether oxygens (including phenoxy) is 2. The third kappa shape index (κ3) is 6.97. The maximum atomic E-state index is 12.9. The van der Waals surface area contributed by atoms with Crippen LogP contribution in [0.4, 0.5) is 4.39 Å². The molecule has 0 bridgehead atoms. The number of methoxy groups -OCH3 is 1. The van der Waals surface area contributed by atoms with Crippen LogP contribution in [0.5, 0.6) is 11.5 Å². The molecular formula is C24H19BrFN3O5. The molecule has 0 radical (unpaired) electrons. The molecule has 0 fully saturated rings. The second-order valence-corrected chi connectivity index (χ2v) is 7.71. The first-order valence-electron chi connectivity index (χ1n) is 9.87. The monoisotopic (exact) mass is 527 g/mol. The predicted octanol–water partition coefficient (Wildman–Crippen LogP) is 3.70. The number of nitrogens with zero attached hydrogens (tertiary/aromatic N) is 1. The van der Waals surface area contributed by atoms with Crippen molar-refractivity contribution in [3.05, 3.63) is 93.7 Å². The summed E-state index contributed by atoms with van der Waals surface area (Å²) in [6.45, 7) is -0.318. The molecular weight excluding hydrogens is 509 g/mol. The van der Waals surface area contributed by atoms with E-state index in [4.69, 9.17) is 9.47 Å². The van der Waals surface area contributed by atoms with E-state index in [0.29, 0.717) is 16.9 Å². The summed E-state index contributed by atoms with van der Waals surface area (Å²) in [5.41, 5.74) is 3.45. The zero-order chi connectivity index (χ0) is 24.5. The molecule has 34 heavy (non-hydrogen) atoms. The third-order valence-electron chi connectivity index (χ3n) is 4.37. The van der Waals surface area contributed by atoms with Gasteiger partial charge in [-0.2, -0.15) is 5.10 Å². The van der Waals surface area contributed by atoms with Gasteiger partial charge in [-0.1, -0.05) is 22.0 Å². The number of hydrogen-bond acceptors (Lipinski definition) is 6. The standard InChI is InChI=1S/C24H19BrFN3O5/c1-33-21-11-15(5-10-20(21)34-24(32)17-3-2-4-18(25)12-17)13-28-29-22(30)14-27-23(31)16-6-8-19(26)9-7-16/h2-13H,14H2,1H3,(H,27,31)(H,29,30). The largest absolute Gasteiger partial charge is 0.493 e. The van der Waals surface area contributed by atoms with Gasteiger partial charge in [-0.05, 0) is 66.2 Å². The van der Waals surface area contributed by atoms with Gasteiger partial charge in [-0.15, -0.1) is 0 Å². The first-order chi connectivity index (χ1) is 16.4. The summed E-state index contributed by atoms with van der Waals surface area (Å²) in [6.07, 6.45) is 1.36. The third-order valence-corrected chi connectivity index (χ3v) is 4.86. The van der Waals surface area contributed by atoms with E-state index in [1.165, 1.54) is 25.5 Å². The summed E-state index contributed by atoms with van der Waals surface area (Å²) in [4.78, 5) is 36.2. The fraction of sp³-hybridized carbons (Fsp3) is 0.0833. The summed E-state index contributed by atoms with van der Waals surface area (Å²) in [6, 6.07) is 16.5. The number of rotatable bonds is 8. The van der Waals surface area contributed by atoms with Gasteiger partial charge in [0.2, 0.25) is 0 Å². The number of carbonyl (C=O) groups is 3. The molecule has 0 heterocycles. The van der Waals surface area contributed by atoms with Crippen LogP contribution in [0, 0.1) is 5.82 Å². The minimum absolute atomic E-state index is 0.220. The second-order valence-electron chi connectivity index (χ2n) is 6.79. The van der Waals surface area contributed by atoms with Crippen LogP contribution in [0.2, 0.25) is 0 Å². The molecule has 0 aliphatic carbocycles. The molecule has 2 amide bonds. The van der Waals surface area contributed by atoms with E-state index in [1.54, 1.807) is 42.5 Å². The normalized spacial score (nSPS) is 10.6. The Bertz CT molecular complexity index is 1230. The minimum atomic E-state index is -0.557. The molecule has 3 rings (SSSR count). The quantitative estimate of drug-likeness (QED) is 0.201. The van der Waals surface area contributed by atoms with Gasteiger partial charge in [0.05, 0.1) is 25.4 Å². The Morgan fingerprint density at radius 3 is 2.47 bits per heavy atom. The van der Waals surface area contributed by atoms with Crippen LogP contribution in [0.25, 0.3) is 0 Å². The van der Waals surface area contributed by atoms with Gasteiger partial charge in [-0.3, -0.25) is 9.59 Å². The maximum absolute atomic E-state index is 12.9. The van der Waals surface area contributed by atoms with Crippen molar-refractivity contribution in [1.82, 2.24) is 10.7 Å². The number of benzene rings is 3. The van der Waals surface area contributed by atoms with Crippen molar-refractivity contribution < 1.29 is 28.2 Å². The summed E-state index contributed by atoms with van der Waals surface area (Å²) < 4.78 is 24.4. The maximum Gasteiger partial charge on any atom is 0.343 e. The van der Waals surface area contributed by atoms with Crippen molar-refractivity contribution in [2.45, 2.75) is 0 Å². The summed E-state index contributed by atoms with van der Waals surface area (Å²) in [7, 11) is 1.43. The Balaban J connectivity index is 1.54. The van der Waals surface area contributed by atoms with E-state index in [2.05, 4.69) is 31.8 Å². The van der Waals surface area contributed by atoms with Gasteiger partial charge < -0.3 is 14.8 Å². The lowest BCUT2D eigenvalue weighted by molar-refractivity contribution is -0.120. The van der Waals surface area contributed by atoms with Crippen molar-refractivity contribution >= 4 is 39.9 Å². The number of amides is 2. The predicted molar refractivity (Wildman–Crippen MR) is 127 cm³/mol. The first kappa shape index (κ1) is 24.6. The number of halogens is 2. The van der Waals surface area contributed by atoms with Crippen molar-refractivity contribution in [3.8, 4) is 11.5 Å². The van der Waals surface area contributed by atoms with Gasteiger partial charge in [0, 0.05) is 10.0 Å².